The highest BCUT2D eigenvalue weighted by atomic mass is 16.5. The fourth-order valence-corrected chi connectivity index (χ4v) is 4.54. The van der Waals surface area contributed by atoms with Gasteiger partial charge in [-0.15, -0.1) is 0 Å². The van der Waals surface area contributed by atoms with Gasteiger partial charge < -0.3 is 20.1 Å². The van der Waals surface area contributed by atoms with Crippen LogP contribution in [0.5, 0.6) is 0 Å². The fraction of sp³-hybridized carbons (Fsp3) is 0.423. The van der Waals surface area contributed by atoms with E-state index in [-0.39, 0.29) is 43.4 Å². The van der Waals surface area contributed by atoms with Crippen LogP contribution in [0.1, 0.15) is 49.7 Å². The number of carboxylic acid groups (broad SMARTS) is 1. The second-order valence-electron chi connectivity index (χ2n) is 9.00. The number of nitrogens with zero attached hydrogens (tertiary/aromatic N) is 1. The molecule has 1 unspecified atom stereocenters. The Morgan fingerprint density at radius 1 is 1.06 bits per heavy atom. The van der Waals surface area contributed by atoms with Crippen molar-refractivity contribution in [2.45, 2.75) is 44.6 Å². The SMILES string of the molecule is CC(CCNC(=O)OCC1c2ccccc2-c2ccccc21)CC(=O)N(CC(=O)O)C1CC1. The standard InChI is InChI=1S/C26H30N2O5/c1-17(14-24(29)28(15-25(30)31)18-10-11-18)12-13-27-26(32)33-16-23-21-8-4-2-6-19(21)20-7-3-5-9-22(20)23/h2-9,17-18,23H,10-16H2,1H3,(H,27,32)(H,30,31). The Morgan fingerprint density at radius 3 is 2.24 bits per heavy atom. The molecular weight excluding hydrogens is 420 g/mol. The van der Waals surface area contributed by atoms with Gasteiger partial charge in [-0.3, -0.25) is 9.59 Å². The Hall–Kier alpha value is -3.35. The maximum atomic E-state index is 12.5. The van der Waals surface area contributed by atoms with Gasteiger partial charge in [0.1, 0.15) is 13.2 Å². The van der Waals surface area contributed by atoms with Gasteiger partial charge in [-0.05, 0) is 47.4 Å². The smallest absolute Gasteiger partial charge is 0.407 e. The second-order valence-corrected chi connectivity index (χ2v) is 9.00. The summed E-state index contributed by atoms with van der Waals surface area (Å²) in [5.74, 6) is -1.07. The second kappa shape index (κ2) is 10.1. The van der Waals surface area contributed by atoms with E-state index in [0.717, 1.165) is 12.8 Å². The molecule has 33 heavy (non-hydrogen) atoms. The topological polar surface area (TPSA) is 95.9 Å². The molecule has 0 heterocycles. The van der Waals surface area contributed by atoms with Gasteiger partial charge in [0, 0.05) is 24.9 Å². The van der Waals surface area contributed by atoms with Gasteiger partial charge in [0.2, 0.25) is 5.91 Å². The predicted molar refractivity (Wildman–Crippen MR) is 124 cm³/mol. The van der Waals surface area contributed by atoms with Crippen molar-refractivity contribution >= 4 is 18.0 Å². The molecule has 1 fully saturated rings. The number of alkyl carbamates (subject to hydrolysis) is 1. The number of carbonyl (C=O) groups is 3. The molecule has 0 saturated heterocycles. The first-order valence-electron chi connectivity index (χ1n) is 11.5. The maximum absolute atomic E-state index is 12.5. The van der Waals surface area contributed by atoms with Gasteiger partial charge in [0.05, 0.1) is 0 Å². The summed E-state index contributed by atoms with van der Waals surface area (Å²) in [6.07, 6.45) is 2.16. The first kappa shape index (κ1) is 22.8. The predicted octanol–water partition coefficient (Wildman–Crippen LogP) is 4.02. The zero-order valence-corrected chi connectivity index (χ0v) is 18.8. The summed E-state index contributed by atoms with van der Waals surface area (Å²) >= 11 is 0. The van der Waals surface area contributed by atoms with Crippen LogP contribution in [0.3, 0.4) is 0 Å². The van der Waals surface area contributed by atoms with E-state index >= 15 is 0 Å². The molecule has 7 heteroatoms. The number of carboxylic acids is 1. The summed E-state index contributed by atoms with van der Waals surface area (Å²) in [6, 6.07) is 16.5. The van der Waals surface area contributed by atoms with Gasteiger partial charge in [0.25, 0.3) is 0 Å². The molecule has 2 aliphatic rings. The lowest BCUT2D eigenvalue weighted by Gasteiger charge is -2.22. The molecular formula is C26H30N2O5. The molecule has 4 rings (SSSR count). The third-order valence-corrected chi connectivity index (χ3v) is 6.39. The van der Waals surface area contributed by atoms with E-state index in [1.807, 2.05) is 31.2 Å². The number of carbonyl (C=O) groups excluding carboxylic acids is 2. The first-order valence-corrected chi connectivity index (χ1v) is 11.5. The zero-order valence-electron chi connectivity index (χ0n) is 18.8. The average Bonchev–Trinajstić information content (AvgIpc) is 3.58. The van der Waals surface area contributed by atoms with E-state index in [1.54, 1.807) is 0 Å². The Morgan fingerprint density at radius 2 is 1.67 bits per heavy atom. The van der Waals surface area contributed by atoms with Gasteiger partial charge in [-0.1, -0.05) is 55.5 Å². The van der Waals surface area contributed by atoms with Crippen LogP contribution in [0, 0.1) is 5.92 Å². The van der Waals surface area contributed by atoms with E-state index in [0.29, 0.717) is 13.0 Å². The summed E-state index contributed by atoms with van der Waals surface area (Å²) in [6.45, 7) is 2.35. The van der Waals surface area contributed by atoms with Gasteiger partial charge in [-0.25, -0.2) is 4.79 Å². The van der Waals surface area contributed by atoms with Crippen molar-refractivity contribution in [3.63, 3.8) is 0 Å². The number of rotatable bonds is 10. The third-order valence-electron chi connectivity index (χ3n) is 6.39. The van der Waals surface area contributed by atoms with E-state index in [2.05, 4.69) is 29.6 Å². The van der Waals surface area contributed by atoms with E-state index in [4.69, 9.17) is 9.84 Å². The molecule has 0 aliphatic heterocycles. The Bertz CT molecular complexity index is 987. The summed E-state index contributed by atoms with van der Waals surface area (Å²) in [5.41, 5.74) is 4.70. The van der Waals surface area contributed by atoms with Crippen LogP contribution in [0.25, 0.3) is 11.1 Å². The van der Waals surface area contributed by atoms with Crippen molar-refractivity contribution in [3.8, 4) is 11.1 Å². The van der Waals surface area contributed by atoms with Gasteiger partial charge in [-0.2, -0.15) is 0 Å². The number of amides is 2. The fourth-order valence-electron chi connectivity index (χ4n) is 4.54. The lowest BCUT2D eigenvalue weighted by atomic mass is 9.98. The highest BCUT2D eigenvalue weighted by molar-refractivity contribution is 5.82. The number of nitrogens with one attached hydrogen (secondary N) is 1. The molecule has 1 atom stereocenters. The molecule has 2 aliphatic carbocycles. The minimum Gasteiger partial charge on any atom is -0.480 e. The molecule has 2 N–H and O–H groups in total. The van der Waals surface area contributed by atoms with Crippen LogP contribution >= 0.6 is 0 Å². The number of fused-ring (bicyclic) bond motifs is 3. The van der Waals surface area contributed by atoms with E-state index in [1.165, 1.54) is 27.2 Å². The van der Waals surface area contributed by atoms with Crippen molar-refractivity contribution in [3.05, 3.63) is 59.7 Å². The number of benzene rings is 2. The van der Waals surface area contributed by atoms with Crippen LogP contribution in [0.2, 0.25) is 0 Å². The largest absolute Gasteiger partial charge is 0.480 e. The molecule has 2 aromatic carbocycles. The maximum Gasteiger partial charge on any atom is 0.407 e. The number of hydrogen-bond donors (Lipinski definition) is 2. The zero-order chi connectivity index (χ0) is 23.4. The number of aliphatic carboxylic acids is 1. The third kappa shape index (κ3) is 5.53. The van der Waals surface area contributed by atoms with Crippen LogP contribution < -0.4 is 5.32 Å². The molecule has 2 aromatic rings. The highest BCUT2D eigenvalue weighted by Crippen LogP contribution is 2.44. The lowest BCUT2D eigenvalue weighted by molar-refractivity contribution is -0.145. The molecule has 1 saturated carbocycles. The lowest BCUT2D eigenvalue weighted by Crippen LogP contribution is -2.38. The van der Waals surface area contributed by atoms with Gasteiger partial charge >= 0.3 is 12.1 Å². The minimum atomic E-state index is -0.986. The van der Waals surface area contributed by atoms with Crippen molar-refractivity contribution in [2.24, 2.45) is 5.92 Å². The highest BCUT2D eigenvalue weighted by Gasteiger charge is 2.34. The van der Waals surface area contributed by atoms with Crippen LogP contribution in [0.4, 0.5) is 4.79 Å². The van der Waals surface area contributed by atoms with Crippen molar-refractivity contribution in [1.82, 2.24) is 10.2 Å². The minimum absolute atomic E-state index is 0.0161. The Balaban J connectivity index is 1.22. The van der Waals surface area contributed by atoms with Crippen molar-refractivity contribution < 1.29 is 24.2 Å². The Labute approximate surface area is 193 Å². The molecule has 174 valence electrons. The molecule has 0 radical (unpaired) electrons. The first-order chi connectivity index (χ1) is 15.9. The molecule has 7 nitrogen and oxygen atoms in total. The molecule has 2 amide bonds. The summed E-state index contributed by atoms with van der Waals surface area (Å²) in [4.78, 5) is 37.2. The van der Waals surface area contributed by atoms with Crippen LogP contribution in [0.15, 0.2) is 48.5 Å². The summed E-state index contributed by atoms with van der Waals surface area (Å²) in [5, 5.41) is 11.8. The van der Waals surface area contributed by atoms with Crippen molar-refractivity contribution in [2.75, 3.05) is 19.7 Å². The average molecular weight is 451 g/mol. The molecule has 0 aromatic heterocycles. The van der Waals surface area contributed by atoms with Crippen LogP contribution in [-0.4, -0.2) is 53.7 Å². The monoisotopic (exact) mass is 450 g/mol. The summed E-state index contributed by atoms with van der Waals surface area (Å²) < 4.78 is 5.53. The van der Waals surface area contributed by atoms with Crippen LogP contribution in [-0.2, 0) is 14.3 Å². The number of ether oxygens (including phenoxy) is 1. The number of hydrogen-bond acceptors (Lipinski definition) is 4. The van der Waals surface area contributed by atoms with E-state index in [9.17, 15) is 14.4 Å². The quantitative estimate of drug-likeness (QED) is 0.570. The normalized spacial score (nSPS) is 15.3. The molecule has 0 bridgehead atoms. The Kier molecular flexibility index (Phi) is 6.96. The van der Waals surface area contributed by atoms with E-state index < -0.39 is 12.1 Å². The van der Waals surface area contributed by atoms with Gasteiger partial charge in [0.15, 0.2) is 0 Å². The van der Waals surface area contributed by atoms with Crippen molar-refractivity contribution in [1.29, 1.82) is 0 Å². The summed E-state index contributed by atoms with van der Waals surface area (Å²) in [7, 11) is 0. The molecule has 0 spiro atoms.